The zero-order chi connectivity index (χ0) is 54.9. The monoisotopic (exact) mass is 1050 g/mol. The summed E-state index contributed by atoms with van der Waals surface area (Å²) in [4.78, 5) is 67.1. The second-order valence-electron chi connectivity index (χ2n) is 20.2. The molecule has 0 saturated carbocycles. The van der Waals surface area contributed by atoms with Gasteiger partial charge in [0.05, 0.1) is 91.7 Å². The van der Waals surface area contributed by atoms with E-state index in [0.717, 1.165) is 5.56 Å². The Hall–Kier alpha value is -6.71. The van der Waals surface area contributed by atoms with Gasteiger partial charge in [0.15, 0.2) is 12.5 Å². The summed E-state index contributed by atoms with van der Waals surface area (Å²) < 4.78 is 35.4. The van der Waals surface area contributed by atoms with E-state index in [1.54, 1.807) is 88.7 Å². The summed E-state index contributed by atoms with van der Waals surface area (Å²) in [6.07, 6.45) is 6.49. The summed E-state index contributed by atoms with van der Waals surface area (Å²) in [5, 5.41) is 30.1. The molecule has 0 saturated heterocycles. The third-order valence-electron chi connectivity index (χ3n) is 12.5. The number of hydrogen-bond donors (Lipinski definition) is 7. The highest BCUT2D eigenvalue weighted by molar-refractivity contribution is 5.80. The van der Waals surface area contributed by atoms with Gasteiger partial charge in [-0.15, -0.1) is 16.2 Å². The average molecular weight is 1050 g/mol. The van der Waals surface area contributed by atoms with E-state index in [0.29, 0.717) is 29.2 Å². The van der Waals surface area contributed by atoms with Gasteiger partial charge in [-0.3, -0.25) is 29.3 Å². The lowest BCUT2D eigenvalue weighted by atomic mass is 9.83. The minimum Gasteiger partial charge on any atom is -0.467 e. The molecule has 26 nitrogen and oxygen atoms in total. The van der Waals surface area contributed by atoms with Crippen molar-refractivity contribution < 1.29 is 62.2 Å². The van der Waals surface area contributed by atoms with Crippen molar-refractivity contribution in [1.29, 1.82) is 0 Å². The van der Waals surface area contributed by atoms with Crippen molar-refractivity contribution in [2.45, 2.75) is 125 Å². The standard InChI is InChI=1S/C49H76N14O12/c1-11-72-44(67)48(5,6)22-39(42(65)70-9)62-30-36(53-57-62)26-59(27-37-31-63(58-54-37)40(43(66)71-10)23-49(7,8)45(68)73-12-2)25-35-29-61(56-52-35)38(33-17-14-13-15-18-33)21-47(3,4)46(69)75-20-16-19-74-41(64)32-60-28-34(24-50)51-55-60/h13-15,17-18,28-31,38-40,42,65H,11-12,16,19-27,32,50H2,1-10H3,(H4,51,52,53,54,55,56,57,58)/p+1. The number of carbonyl (C=O) groups is 5. The lowest BCUT2D eigenvalue weighted by Crippen LogP contribution is -2.51. The second kappa shape index (κ2) is 27.2. The fourth-order valence-corrected chi connectivity index (χ4v) is 8.35. The molecule has 3 aromatic rings. The first-order chi connectivity index (χ1) is 35.6. The summed E-state index contributed by atoms with van der Waals surface area (Å²) in [5.41, 5.74) is 18.4. The first kappa shape index (κ1) is 59.2. The van der Waals surface area contributed by atoms with Crippen molar-refractivity contribution in [3.63, 3.8) is 0 Å². The highest BCUT2D eigenvalue weighted by Crippen LogP contribution is 2.35. The molecule has 26 heteroatoms. The van der Waals surface area contributed by atoms with E-state index < -0.39 is 70.5 Å². The third kappa shape index (κ3) is 16.9. The number of ether oxygens (including phenoxy) is 6. The summed E-state index contributed by atoms with van der Waals surface area (Å²) in [7, 11) is 2.66. The molecule has 0 spiro atoms. The van der Waals surface area contributed by atoms with Crippen LogP contribution in [0.1, 0.15) is 104 Å². The van der Waals surface area contributed by atoms with Crippen LogP contribution in [0.3, 0.4) is 0 Å². The van der Waals surface area contributed by atoms with Gasteiger partial charge in [-0.1, -0.05) is 40.8 Å². The number of nitrogens with two attached hydrogens (primary N) is 1. The Bertz CT molecular complexity index is 2430. The molecule has 2 aromatic heterocycles. The molecule has 414 valence electrons. The summed E-state index contributed by atoms with van der Waals surface area (Å²) >= 11 is 0. The zero-order valence-electron chi connectivity index (χ0n) is 44.8. The lowest BCUT2D eigenvalue weighted by molar-refractivity contribution is -0.743. The van der Waals surface area contributed by atoms with Gasteiger partial charge in [-0.25, -0.2) is 14.3 Å². The molecule has 2 aliphatic heterocycles. The lowest BCUT2D eigenvalue weighted by Gasteiger charge is -2.35. The van der Waals surface area contributed by atoms with E-state index in [-0.39, 0.29) is 78.4 Å². The third-order valence-corrected chi connectivity index (χ3v) is 12.5. The van der Waals surface area contributed by atoms with E-state index in [9.17, 15) is 29.1 Å². The molecular weight excluding hydrogens is 977 g/mol. The van der Waals surface area contributed by atoms with Crippen molar-refractivity contribution in [2.24, 2.45) is 22.0 Å². The Balaban J connectivity index is 1.36. The summed E-state index contributed by atoms with van der Waals surface area (Å²) in [6, 6.07) is 7.53. The minimum absolute atomic E-state index is 0.0364. The minimum atomic E-state index is -1.29. The molecule has 2 aliphatic rings. The predicted molar refractivity (Wildman–Crippen MR) is 267 cm³/mol. The van der Waals surface area contributed by atoms with Gasteiger partial charge in [-0.2, -0.15) is 4.68 Å². The highest BCUT2D eigenvalue weighted by Gasteiger charge is 2.41. The molecule has 75 heavy (non-hydrogen) atoms. The van der Waals surface area contributed by atoms with Crippen molar-refractivity contribution in [3.05, 3.63) is 83.5 Å². The highest BCUT2D eigenvalue weighted by atomic mass is 16.6. The molecular formula is C49H77N14O12+. The van der Waals surface area contributed by atoms with Gasteiger partial charge in [-0.05, 0) is 80.2 Å². The number of aromatic amines is 1. The number of rotatable bonds is 31. The van der Waals surface area contributed by atoms with Gasteiger partial charge < -0.3 is 50.1 Å². The summed E-state index contributed by atoms with van der Waals surface area (Å²) in [5.74, 6) is -2.35. The van der Waals surface area contributed by atoms with E-state index >= 15 is 0 Å². The Labute approximate surface area is 437 Å². The Morgan fingerprint density at radius 1 is 0.773 bits per heavy atom. The van der Waals surface area contributed by atoms with E-state index in [1.807, 2.05) is 41.4 Å². The average Bonchev–Trinajstić information content (AvgIpc) is 4.23. The van der Waals surface area contributed by atoms with E-state index in [1.165, 1.54) is 18.9 Å². The number of nitrogens with one attached hydrogen (secondary N) is 5. The van der Waals surface area contributed by atoms with Crippen molar-refractivity contribution in [2.75, 3.05) is 53.7 Å². The number of esters is 5. The number of aliphatic hydroxyl groups is 1. The Kier molecular flexibility index (Phi) is 21.4. The molecule has 8 N–H and O–H groups in total. The van der Waals surface area contributed by atoms with Crippen LogP contribution in [0.5, 0.6) is 0 Å². The number of H-pyrrole nitrogens is 1. The molecule has 4 unspecified atom stereocenters. The Morgan fingerprint density at radius 3 is 1.96 bits per heavy atom. The number of nitrogens with zero attached hydrogens (tertiary/aromatic N) is 8. The predicted octanol–water partition coefficient (Wildman–Crippen LogP) is 0.898. The van der Waals surface area contributed by atoms with Crippen LogP contribution < -0.4 is 32.3 Å². The fourth-order valence-electron chi connectivity index (χ4n) is 8.35. The van der Waals surface area contributed by atoms with Crippen LogP contribution >= 0.6 is 0 Å². The SMILES string of the molecule is CCOC(=O)C(C)(C)CC(C(=O)OC)N1C=C(CN(CC2=CN(C(CC(C)(C)C(=O)OCC)C(O)OC)NN2)Cc2cn(C(CC(C)(C)C(=O)OCCCOC(=O)C[n+]3cc(CN)n[nH]3)c3ccccc3)nn2)NN1. The van der Waals surface area contributed by atoms with Crippen LogP contribution in [0.2, 0.25) is 0 Å². The topological polar surface area (TPSA) is 308 Å². The van der Waals surface area contributed by atoms with Gasteiger partial charge in [0.2, 0.25) is 12.2 Å². The van der Waals surface area contributed by atoms with E-state index in [4.69, 9.17) is 34.2 Å². The van der Waals surface area contributed by atoms with Crippen LogP contribution in [-0.2, 0) is 72.0 Å². The molecule has 5 rings (SSSR count). The number of hydrazine groups is 4. The maximum absolute atomic E-state index is 13.7. The molecule has 4 atom stereocenters. The van der Waals surface area contributed by atoms with E-state index in [2.05, 4.69) is 42.5 Å². The first-order valence-electron chi connectivity index (χ1n) is 24.9. The van der Waals surface area contributed by atoms with Gasteiger partial charge >= 0.3 is 29.8 Å². The molecule has 0 radical (unpaired) electrons. The van der Waals surface area contributed by atoms with Gasteiger partial charge in [0.25, 0.3) is 0 Å². The van der Waals surface area contributed by atoms with Crippen LogP contribution in [0.15, 0.2) is 66.5 Å². The first-order valence-corrected chi connectivity index (χ1v) is 24.9. The van der Waals surface area contributed by atoms with Gasteiger partial charge in [0, 0.05) is 50.7 Å². The molecule has 0 fully saturated rings. The largest absolute Gasteiger partial charge is 0.467 e. The number of carbonyl (C=O) groups excluding carboxylic acids is 5. The quantitative estimate of drug-likeness (QED) is 0.0155. The van der Waals surface area contributed by atoms with Crippen LogP contribution in [0, 0.1) is 16.2 Å². The van der Waals surface area contributed by atoms with Crippen LogP contribution in [0.4, 0.5) is 0 Å². The maximum atomic E-state index is 13.7. The number of hydrogen-bond acceptors (Lipinski definition) is 23. The maximum Gasteiger partial charge on any atom is 0.350 e. The molecule has 0 aliphatic carbocycles. The van der Waals surface area contributed by atoms with Crippen molar-refractivity contribution >= 4 is 29.8 Å². The normalized spacial score (nSPS) is 15.5. The molecule has 1 aromatic carbocycles. The number of aliphatic hydroxyl groups excluding tert-OH is 1. The second-order valence-corrected chi connectivity index (χ2v) is 20.2. The Morgan fingerprint density at radius 2 is 1.36 bits per heavy atom. The fraction of sp³-hybridized carbons (Fsp3) is 0.612. The smallest absolute Gasteiger partial charge is 0.350 e. The number of methoxy groups -OCH3 is 2. The van der Waals surface area contributed by atoms with Crippen molar-refractivity contribution in [1.82, 2.24) is 62.1 Å². The van der Waals surface area contributed by atoms with Crippen LogP contribution in [-0.4, -0.2) is 147 Å². The summed E-state index contributed by atoms with van der Waals surface area (Å²) in [6.45, 7) is 15.4. The molecule has 0 amide bonds. The number of benzene rings is 1. The zero-order valence-corrected chi connectivity index (χ0v) is 44.8. The van der Waals surface area contributed by atoms with Gasteiger partial charge in [0.1, 0.15) is 6.04 Å². The molecule has 4 heterocycles. The number of aromatic nitrogens is 6. The van der Waals surface area contributed by atoms with Crippen molar-refractivity contribution in [3.8, 4) is 0 Å². The molecule has 0 bridgehead atoms. The van der Waals surface area contributed by atoms with Crippen LogP contribution in [0.25, 0.3) is 0 Å².